The molecule has 0 aromatic carbocycles. The monoisotopic (exact) mass is 364 g/mol. The lowest BCUT2D eigenvalue weighted by Crippen LogP contribution is -2.32. The Kier molecular flexibility index (Phi) is 6.76. The van der Waals surface area contributed by atoms with E-state index in [2.05, 4.69) is 0 Å². The summed E-state index contributed by atoms with van der Waals surface area (Å²) in [5.74, 6) is -2.56. The molecule has 1 saturated heterocycles. The molecule has 0 aromatic rings. The second-order valence-electron chi connectivity index (χ2n) is 6.06. The van der Waals surface area contributed by atoms with E-state index in [0.29, 0.717) is 30.7 Å². The van der Waals surface area contributed by atoms with E-state index in [-0.39, 0.29) is 38.0 Å². The number of nitrogens with zero attached hydrogens (tertiary/aromatic N) is 2. The van der Waals surface area contributed by atoms with Gasteiger partial charge in [0.05, 0.1) is 0 Å². The van der Waals surface area contributed by atoms with Gasteiger partial charge in [-0.3, -0.25) is 28.9 Å². The summed E-state index contributed by atoms with van der Waals surface area (Å²) in [5, 5.41) is 0.516. The van der Waals surface area contributed by atoms with E-state index in [1.807, 2.05) is 0 Å². The quantitative estimate of drug-likeness (QED) is 0.407. The molecule has 0 radical (unpaired) electrons. The topological polar surface area (TPSA) is 118 Å². The third kappa shape index (κ3) is 5.33. The molecule has 9 heteroatoms. The molecule has 2 aliphatic rings. The lowest BCUT2D eigenvalue weighted by Gasteiger charge is -2.13. The van der Waals surface area contributed by atoms with Gasteiger partial charge in [-0.25, -0.2) is 4.79 Å². The van der Waals surface area contributed by atoms with Crippen LogP contribution in [0.3, 0.4) is 0 Å². The maximum Gasteiger partial charge on any atom is 0.333 e. The van der Waals surface area contributed by atoms with Crippen molar-refractivity contribution >= 4 is 35.4 Å². The second-order valence-corrected chi connectivity index (χ2v) is 6.06. The molecule has 0 unspecified atom stereocenters. The molecule has 26 heavy (non-hydrogen) atoms. The summed E-state index contributed by atoms with van der Waals surface area (Å²) in [6.07, 6.45) is 4.55. The summed E-state index contributed by atoms with van der Waals surface area (Å²) in [7, 11) is 0. The van der Waals surface area contributed by atoms with E-state index >= 15 is 0 Å². The van der Waals surface area contributed by atoms with Gasteiger partial charge in [0, 0.05) is 50.8 Å². The first-order valence-electron chi connectivity index (χ1n) is 8.50. The van der Waals surface area contributed by atoms with E-state index in [9.17, 15) is 28.8 Å². The fraction of sp³-hybridized carbons (Fsp3) is 0.529. The number of carbonyl (C=O) groups excluding carboxylic acids is 6. The van der Waals surface area contributed by atoms with Gasteiger partial charge in [-0.2, -0.15) is 0 Å². The number of amides is 4. The highest BCUT2D eigenvalue weighted by molar-refractivity contribution is 6.13. The van der Waals surface area contributed by atoms with Crippen LogP contribution in [0.4, 0.5) is 0 Å². The number of hydrogen-bond acceptors (Lipinski definition) is 7. The highest BCUT2D eigenvalue weighted by atomic mass is 16.7. The zero-order valence-corrected chi connectivity index (χ0v) is 14.3. The zero-order chi connectivity index (χ0) is 19.1. The third-order valence-electron chi connectivity index (χ3n) is 4.05. The minimum Gasteiger partial charge on any atom is -0.330 e. The maximum atomic E-state index is 11.8. The Bertz CT molecular complexity index is 634. The Hall–Kier alpha value is -2.84. The molecule has 4 amide bonds. The molecule has 2 heterocycles. The number of ketones is 1. The first kappa shape index (κ1) is 19.5. The maximum absolute atomic E-state index is 11.8. The molecule has 9 nitrogen and oxygen atoms in total. The van der Waals surface area contributed by atoms with Gasteiger partial charge >= 0.3 is 5.97 Å². The van der Waals surface area contributed by atoms with Crippen LogP contribution in [0.1, 0.15) is 51.4 Å². The average Bonchev–Trinajstić information content (AvgIpc) is 3.08. The van der Waals surface area contributed by atoms with Crippen LogP contribution < -0.4 is 0 Å². The van der Waals surface area contributed by atoms with Crippen LogP contribution >= 0.6 is 0 Å². The smallest absolute Gasteiger partial charge is 0.330 e. The fourth-order valence-corrected chi connectivity index (χ4v) is 2.59. The number of Topliss-reactive ketones (excluding diaryl/α,β-unsaturated/α-hetero) is 1. The van der Waals surface area contributed by atoms with Crippen LogP contribution in [-0.4, -0.2) is 51.9 Å². The van der Waals surface area contributed by atoms with Gasteiger partial charge in [-0.1, -0.05) is 6.42 Å². The molecule has 0 aliphatic carbocycles. The molecule has 0 N–H and O–H groups in total. The minimum atomic E-state index is -0.654. The summed E-state index contributed by atoms with van der Waals surface area (Å²) < 4.78 is 0. The van der Waals surface area contributed by atoms with Gasteiger partial charge in [0.2, 0.25) is 0 Å². The van der Waals surface area contributed by atoms with Crippen LogP contribution in [0.5, 0.6) is 0 Å². The van der Waals surface area contributed by atoms with Crippen molar-refractivity contribution in [2.24, 2.45) is 0 Å². The van der Waals surface area contributed by atoms with Gasteiger partial charge in [0.15, 0.2) is 0 Å². The highest BCUT2D eigenvalue weighted by Crippen LogP contribution is 2.14. The summed E-state index contributed by atoms with van der Waals surface area (Å²) in [4.78, 5) is 74.4. The summed E-state index contributed by atoms with van der Waals surface area (Å²) >= 11 is 0. The second kappa shape index (κ2) is 9.02. The van der Waals surface area contributed by atoms with Crippen LogP contribution in [0.25, 0.3) is 0 Å². The van der Waals surface area contributed by atoms with Crippen molar-refractivity contribution in [3.05, 3.63) is 12.2 Å². The molecule has 0 atom stereocenters. The van der Waals surface area contributed by atoms with Gasteiger partial charge in [-0.15, -0.1) is 5.06 Å². The number of unbranched alkanes of at least 4 members (excludes halogenated alkanes) is 2. The van der Waals surface area contributed by atoms with Gasteiger partial charge in [0.25, 0.3) is 23.6 Å². The standard InChI is InChI=1S/C17H20N2O7/c20-12(10-11-18-13(21)6-7-14(18)22)4-2-1-3-5-17(25)26-19-15(23)8-9-16(19)24/h6-7H,1-5,8-11H2. The van der Waals surface area contributed by atoms with Crippen molar-refractivity contribution in [3.63, 3.8) is 0 Å². The van der Waals surface area contributed by atoms with Crippen molar-refractivity contribution in [2.45, 2.75) is 51.4 Å². The van der Waals surface area contributed by atoms with E-state index in [4.69, 9.17) is 4.84 Å². The van der Waals surface area contributed by atoms with E-state index in [1.165, 1.54) is 12.2 Å². The minimum absolute atomic E-state index is 0.0493. The molecule has 0 aromatic heterocycles. The predicted molar refractivity (Wildman–Crippen MR) is 85.7 cm³/mol. The SMILES string of the molecule is O=C(CCCCCC(=O)ON1C(=O)CCC1=O)CCN1C(=O)C=CC1=O. The van der Waals surface area contributed by atoms with Crippen LogP contribution in [0, 0.1) is 0 Å². The number of imide groups is 2. The van der Waals surface area contributed by atoms with Crippen molar-refractivity contribution in [1.29, 1.82) is 0 Å². The normalized spacial score (nSPS) is 16.8. The Balaban J connectivity index is 1.53. The Morgan fingerprint density at radius 2 is 1.42 bits per heavy atom. The molecule has 2 rings (SSSR count). The van der Waals surface area contributed by atoms with Gasteiger partial charge < -0.3 is 4.84 Å². The lowest BCUT2D eigenvalue weighted by atomic mass is 10.1. The summed E-state index contributed by atoms with van der Waals surface area (Å²) in [5.41, 5.74) is 0. The number of rotatable bonds is 10. The first-order chi connectivity index (χ1) is 12.4. The molecular formula is C17H20N2O7. The van der Waals surface area contributed by atoms with Gasteiger partial charge in [0.1, 0.15) is 5.78 Å². The molecule has 2 aliphatic heterocycles. The third-order valence-corrected chi connectivity index (χ3v) is 4.05. The molecular weight excluding hydrogens is 344 g/mol. The van der Waals surface area contributed by atoms with E-state index < -0.39 is 29.6 Å². The average molecular weight is 364 g/mol. The molecule has 0 spiro atoms. The highest BCUT2D eigenvalue weighted by Gasteiger charge is 2.32. The molecule has 1 fully saturated rings. The molecule has 140 valence electrons. The Morgan fingerprint density at radius 3 is 2.04 bits per heavy atom. The van der Waals surface area contributed by atoms with Crippen LogP contribution in [0.2, 0.25) is 0 Å². The first-order valence-corrected chi connectivity index (χ1v) is 8.50. The van der Waals surface area contributed by atoms with Crippen molar-refractivity contribution in [2.75, 3.05) is 6.54 Å². The zero-order valence-electron chi connectivity index (χ0n) is 14.3. The summed E-state index contributed by atoms with van der Waals surface area (Å²) in [6.45, 7) is 0.0771. The van der Waals surface area contributed by atoms with Crippen molar-refractivity contribution in [1.82, 2.24) is 9.96 Å². The summed E-state index contributed by atoms with van der Waals surface area (Å²) in [6, 6.07) is 0. The van der Waals surface area contributed by atoms with Crippen LogP contribution in [-0.2, 0) is 33.6 Å². The number of hydrogen-bond donors (Lipinski definition) is 0. The van der Waals surface area contributed by atoms with E-state index in [1.54, 1.807) is 0 Å². The van der Waals surface area contributed by atoms with Crippen molar-refractivity contribution < 1.29 is 33.6 Å². The largest absolute Gasteiger partial charge is 0.333 e. The molecule has 0 saturated carbocycles. The number of carbonyl (C=O) groups is 6. The van der Waals surface area contributed by atoms with Crippen molar-refractivity contribution in [3.8, 4) is 0 Å². The van der Waals surface area contributed by atoms with Gasteiger partial charge in [-0.05, 0) is 12.8 Å². The Morgan fingerprint density at radius 1 is 0.846 bits per heavy atom. The fourth-order valence-electron chi connectivity index (χ4n) is 2.59. The van der Waals surface area contributed by atoms with E-state index in [0.717, 1.165) is 4.90 Å². The lowest BCUT2D eigenvalue weighted by molar-refractivity contribution is -0.197. The number of hydroxylamine groups is 2. The predicted octanol–water partition coefficient (Wildman–Crippen LogP) is 0.428. The van der Waals surface area contributed by atoms with Crippen LogP contribution in [0.15, 0.2) is 12.2 Å². The molecule has 0 bridgehead atoms. The Labute approximate surface area is 149 Å².